The van der Waals surface area contributed by atoms with Crippen LogP contribution in [0.4, 0.5) is 11.4 Å². The molecule has 5 heteroatoms. The maximum absolute atomic E-state index is 13.1. The molecule has 152 valence electrons. The molecule has 0 N–H and O–H groups in total. The Morgan fingerprint density at radius 2 is 1.17 bits per heavy atom. The lowest BCUT2D eigenvalue weighted by Gasteiger charge is -2.18. The second kappa shape index (κ2) is 9.06. The van der Waals surface area contributed by atoms with Crippen molar-refractivity contribution < 1.29 is 4.79 Å². The smallest absolute Gasteiger partial charge is 0.185 e. The maximum atomic E-state index is 13.1. The van der Waals surface area contributed by atoms with Gasteiger partial charge in [0.1, 0.15) is 0 Å². The van der Waals surface area contributed by atoms with Gasteiger partial charge in [-0.3, -0.25) is 4.79 Å². The highest BCUT2D eigenvalue weighted by atomic mass is 35.5. The van der Waals surface area contributed by atoms with Crippen LogP contribution in [-0.2, 0) is 4.79 Å². The number of halogens is 2. The van der Waals surface area contributed by atoms with Crippen LogP contribution >= 0.6 is 23.2 Å². The molecule has 29 heavy (non-hydrogen) atoms. The monoisotopic (exact) mass is 428 g/mol. The van der Waals surface area contributed by atoms with Crippen LogP contribution in [0.1, 0.15) is 30.4 Å². The van der Waals surface area contributed by atoms with Crippen LogP contribution in [0, 0.1) is 0 Å². The largest absolute Gasteiger partial charge is 0.378 e. The van der Waals surface area contributed by atoms with Gasteiger partial charge in [0.2, 0.25) is 0 Å². The van der Waals surface area contributed by atoms with Gasteiger partial charge in [-0.25, -0.2) is 0 Å². The molecule has 1 aliphatic rings. The van der Waals surface area contributed by atoms with Crippen LogP contribution in [-0.4, -0.2) is 34.0 Å². The number of anilines is 2. The Morgan fingerprint density at radius 3 is 1.52 bits per heavy atom. The van der Waals surface area contributed by atoms with Gasteiger partial charge >= 0.3 is 0 Å². The van der Waals surface area contributed by atoms with Crippen molar-refractivity contribution >= 4 is 52.5 Å². The standard InChI is InChI=1S/C24H26Cl2N2O/c1-27(2)20-10-8-16(22(25)14-20)12-18-6-5-7-19(24(18)29)13-17-9-11-21(28(3)4)15-23(17)26/h8-15H,5-7H2,1-4H3/b18-12-,19-13-. The normalized spacial score (nSPS) is 17.1. The molecule has 0 bridgehead atoms. The fourth-order valence-electron chi connectivity index (χ4n) is 3.38. The molecule has 2 aromatic carbocycles. The third-order valence-corrected chi connectivity index (χ3v) is 5.79. The summed E-state index contributed by atoms with van der Waals surface area (Å²) in [5.74, 6) is 0.0803. The molecule has 3 rings (SSSR count). The van der Waals surface area contributed by atoms with Crippen molar-refractivity contribution in [1.82, 2.24) is 0 Å². The van der Waals surface area contributed by atoms with Crippen molar-refractivity contribution in [2.45, 2.75) is 19.3 Å². The molecule has 3 nitrogen and oxygen atoms in total. The summed E-state index contributed by atoms with van der Waals surface area (Å²) in [6.07, 6.45) is 6.30. The van der Waals surface area contributed by atoms with Crippen LogP contribution in [0.15, 0.2) is 47.5 Å². The minimum absolute atomic E-state index is 0.0803. The lowest BCUT2D eigenvalue weighted by molar-refractivity contribution is -0.112. The average Bonchev–Trinajstić information content (AvgIpc) is 2.67. The minimum Gasteiger partial charge on any atom is -0.378 e. The Labute approximate surface area is 183 Å². The van der Waals surface area contributed by atoms with E-state index in [9.17, 15) is 4.79 Å². The predicted molar refractivity (Wildman–Crippen MR) is 126 cm³/mol. The van der Waals surface area contributed by atoms with E-state index in [0.717, 1.165) is 52.9 Å². The number of hydrogen-bond donors (Lipinski definition) is 0. The molecule has 0 heterocycles. The summed E-state index contributed by atoms with van der Waals surface area (Å²) in [7, 11) is 7.90. The molecule has 0 spiro atoms. The first-order chi connectivity index (χ1) is 13.8. The lowest BCUT2D eigenvalue weighted by Crippen LogP contribution is -2.12. The number of nitrogens with zero attached hydrogens (tertiary/aromatic N) is 2. The zero-order chi connectivity index (χ0) is 21.1. The van der Waals surface area contributed by atoms with Crippen molar-refractivity contribution in [3.05, 3.63) is 68.7 Å². The first kappa shape index (κ1) is 21.5. The molecule has 0 radical (unpaired) electrons. The second-order valence-electron chi connectivity index (χ2n) is 7.72. The van der Waals surface area contributed by atoms with E-state index < -0.39 is 0 Å². The molecule has 0 amide bonds. The number of hydrogen-bond acceptors (Lipinski definition) is 3. The van der Waals surface area contributed by atoms with E-state index >= 15 is 0 Å². The van der Waals surface area contributed by atoms with Gasteiger partial charge in [0, 0.05) is 60.8 Å². The van der Waals surface area contributed by atoms with Crippen molar-refractivity contribution in [3.8, 4) is 0 Å². The van der Waals surface area contributed by atoms with Crippen LogP contribution < -0.4 is 9.80 Å². The molecule has 0 atom stereocenters. The van der Waals surface area contributed by atoms with Crippen LogP contribution in [0.25, 0.3) is 12.2 Å². The van der Waals surface area contributed by atoms with Gasteiger partial charge < -0.3 is 9.80 Å². The summed E-state index contributed by atoms with van der Waals surface area (Å²) in [5.41, 5.74) is 5.39. The summed E-state index contributed by atoms with van der Waals surface area (Å²) in [5, 5.41) is 1.30. The highest BCUT2D eigenvalue weighted by Crippen LogP contribution is 2.32. The summed E-state index contributed by atoms with van der Waals surface area (Å²) < 4.78 is 0. The van der Waals surface area contributed by atoms with Gasteiger partial charge in [-0.05, 0) is 66.8 Å². The zero-order valence-corrected chi connectivity index (χ0v) is 18.8. The Kier molecular flexibility index (Phi) is 6.71. The van der Waals surface area contributed by atoms with Crippen molar-refractivity contribution in [3.63, 3.8) is 0 Å². The molecule has 2 aromatic rings. The number of carbonyl (C=O) groups is 1. The van der Waals surface area contributed by atoms with Gasteiger partial charge in [-0.1, -0.05) is 35.3 Å². The van der Waals surface area contributed by atoms with Gasteiger partial charge in [0.15, 0.2) is 5.78 Å². The minimum atomic E-state index is 0.0803. The number of carbonyl (C=O) groups excluding carboxylic acids is 1. The SMILES string of the molecule is CN(C)c1ccc(/C=C2/CCC/C(=C/c3ccc(N(C)C)cc3Cl)C2=O)c(Cl)c1. The Balaban J connectivity index is 1.89. The topological polar surface area (TPSA) is 23.6 Å². The Bertz CT molecular complexity index is 913. The molecular formula is C24H26Cl2N2O. The molecule has 0 unspecified atom stereocenters. The van der Waals surface area contributed by atoms with E-state index in [2.05, 4.69) is 0 Å². The predicted octanol–water partition coefficient (Wildman–Crippen LogP) is 6.35. The Hall–Kier alpha value is -2.23. The van der Waals surface area contributed by atoms with Crippen molar-refractivity contribution in [1.29, 1.82) is 0 Å². The first-order valence-corrected chi connectivity index (χ1v) is 10.4. The van der Waals surface area contributed by atoms with E-state index in [-0.39, 0.29) is 5.78 Å². The van der Waals surface area contributed by atoms with Gasteiger partial charge in [-0.15, -0.1) is 0 Å². The highest BCUT2D eigenvalue weighted by molar-refractivity contribution is 6.33. The fraction of sp³-hybridized carbons (Fsp3) is 0.292. The van der Waals surface area contributed by atoms with Crippen LogP contribution in [0.3, 0.4) is 0 Å². The van der Waals surface area contributed by atoms with Gasteiger partial charge in [0.25, 0.3) is 0 Å². The highest BCUT2D eigenvalue weighted by Gasteiger charge is 2.21. The molecule has 0 saturated heterocycles. The van der Waals surface area contributed by atoms with E-state index in [1.165, 1.54) is 0 Å². The number of rotatable bonds is 4. The third kappa shape index (κ3) is 5.04. The van der Waals surface area contributed by atoms with E-state index in [1.54, 1.807) is 0 Å². The third-order valence-electron chi connectivity index (χ3n) is 5.14. The first-order valence-electron chi connectivity index (χ1n) is 9.66. The van der Waals surface area contributed by atoms with E-state index in [1.807, 2.05) is 86.5 Å². The van der Waals surface area contributed by atoms with Gasteiger partial charge in [-0.2, -0.15) is 0 Å². The summed E-state index contributed by atoms with van der Waals surface area (Å²) in [6.45, 7) is 0. The van der Waals surface area contributed by atoms with Crippen molar-refractivity contribution in [2.75, 3.05) is 38.0 Å². The number of benzene rings is 2. The number of Topliss-reactive ketones (excluding diaryl/α,β-unsaturated/α-hetero) is 1. The lowest BCUT2D eigenvalue weighted by atomic mass is 9.87. The molecule has 0 aliphatic heterocycles. The van der Waals surface area contributed by atoms with Crippen LogP contribution in [0.5, 0.6) is 0 Å². The van der Waals surface area contributed by atoms with Crippen LogP contribution in [0.2, 0.25) is 10.0 Å². The van der Waals surface area contributed by atoms with Gasteiger partial charge in [0.05, 0.1) is 0 Å². The van der Waals surface area contributed by atoms with E-state index in [0.29, 0.717) is 10.0 Å². The summed E-state index contributed by atoms with van der Waals surface area (Å²) in [6, 6.07) is 11.8. The fourth-order valence-corrected chi connectivity index (χ4v) is 3.83. The molecule has 1 saturated carbocycles. The molecule has 1 aliphatic carbocycles. The zero-order valence-electron chi connectivity index (χ0n) is 17.3. The second-order valence-corrected chi connectivity index (χ2v) is 8.54. The quantitative estimate of drug-likeness (QED) is 0.530. The number of ketones is 1. The molecular weight excluding hydrogens is 403 g/mol. The van der Waals surface area contributed by atoms with Crippen molar-refractivity contribution in [2.24, 2.45) is 0 Å². The maximum Gasteiger partial charge on any atom is 0.185 e. The summed E-state index contributed by atoms with van der Waals surface area (Å²) in [4.78, 5) is 17.1. The summed E-state index contributed by atoms with van der Waals surface area (Å²) >= 11 is 12.9. The molecule has 1 fully saturated rings. The Morgan fingerprint density at radius 1 is 0.759 bits per heavy atom. The van der Waals surface area contributed by atoms with E-state index in [4.69, 9.17) is 23.2 Å². The number of allylic oxidation sites excluding steroid dienone is 2. The average molecular weight is 429 g/mol. The molecule has 0 aromatic heterocycles.